The molecule has 1 aliphatic rings. The van der Waals surface area contributed by atoms with Crippen LogP contribution in [0.4, 0.5) is 5.69 Å². The van der Waals surface area contributed by atoms with Crippen LogP contribution in [0.2, 0.25) is 0 Å². The molecule has 4 aromatic rings. The van der Waals surface area contributed by atoms with Gasteiger partial charge >= 0.3 is 0 Å². The molecule has 5 rings (SSSR count). The van der Waals surface area contributed by atoms with Crippen molar-refractivity contribution in [2.75, 3.05) is 5.32 Å². The van der Waals surface area contributed by atoms with Gasteiger partial charge in [0.15, 0.2) is 0 Å². The molecule has 0 aliphatic heterocycles. The van der Waals surface area contributed by atoms with Crippen LogP contribution in [-0.2, 0) is 0 Å². The zero-order valence-electron chi connectivity index (χ0n) is 16.1. The lowest BCUT2D eigenvalue weighted by molar-refractivity contribution is 0.654. The van der Waals surface area contributed by atoms with Crippen LogP contribution in [0.3, 0.4) is 0 Å². The summed E-state index contributed by atoms with van der Waals surface area (Å²) in [6.07, 6.45) is 6.80. The molecule has 1 heterocycles. The first kappa shape index (κ1) is 16.9. The first-order valence-corrected chi connectivity index (χ1v) is 9.83. The Hall–Kier alpha value is -3.26. The molecule has 0 spiro atoms. The summed E-state index contributed by atoms with van der Waals surface area (Å²) in [5.41, 5.74) is 6.67. The van der Waals surface area contributed by atoms with Crippen LogP contribution in [0.15, 0.2) is 94.9 Å². The average molecular weight is 365 g/mol. The van der Waals surface area contributed by atoms with Crippen LogP contribution < -0.4 is 5.32 Å². The highest BCUT2D eigenvalue weighted by Crippen LogP contribution is 2.38. The van der Waals surface area contributed by atoms with Crippen molar-refractivity contribution >= 4 is 27.6 Å². The smallest absolute Gasteiger partial charge is 0.136 e. The Morgan fingerprint density at radius 1 is 0.857 bits per heavy atom. The van der Waals surface area contributed by atoms with Crippen molar-refractivity contribution in [1.29, 1.82) is 0 Å². The zero-order chi connectivity index (χ0) is 19.1. The highest BCUT2D eigenvalue weighted by atomic mass is 16.3. The molecule has 1 N–H and O–H groups in total. The molecular weight excluding hydrogens is 342 g/mol. The Bertz CT molecular complexity index is 1210. The fraction of sp³-hybridized carbons (Fsp3) is 0.154. The molecule has 2 unspecified atom stereocenters. The number of hydrogen-bond donors (Lipinski definition) is 1. The van der Waals surface area contributed by atoms with Crippen molar-refractivity contribution in [3.63, 3.8) is 0 Å². The van der Waals surface area contributed by atoms with Crippen molar-refractivity contribution < 1.29 is 4.42 Å². The Balaban J connectivity index is 1.68. The van der Waals surface area contributed by atoms with Gasteiger partial charge in [-0.05, 0) is 36.6 Å². The minimum atomic E-state index is 0.266. The largest absolute Gasteiger partial charge is 0.456 e. The van der Waals surface area contributed by atoms with Gasteiger partial charge in [-0.1, -0.05) is 79.3 Å². The Morgan fingerprint density at radius 3 is 2.46 bits per heavy atom. The third-order valence-corrected chi connectivity index (χ3v) is 5.58. The summed E-state index contributed by atoms with van der Waals surface area (Å²) in [6.45, 7) is 4.42. The van der Waals surface area contributed by atoms with Gasteiger partial charge < -0.3 is 9.73 Å². The highest BCUT2D eigenvalue weighted by molar-refractivity contribution is 6.08. The van der Waals surface area contributed by atoms with Crippen molar-refractivity contribution in [2.24, 2.45) is 5.92 Å². The van der Waals surface area contributed by atoms with Crippen LogP contribution >= 0.6 is 0 Å². The van der Waals surface area contributed by atoms with Crippen LogP contribution in [0.1, 0.15) is 13.8 Å². The number of anilines is 1. The maximum absolute atomic E-state index is 6.14. The second-order valence-corrected chi connectivity index (χ2v) is 7.66. The van der Waals surface area contributed by atoms with Gasteiger partial charge in [-0.25, -0.2) is 0 Å². The van der Waals surface area contributed by atoms with Crippen LogP contribution in [0, 0.1) is 5.92 Å². The van der Waals surface area contributed by atoms with Crippen molar-refractivity contribution in [2.45, 2.75) is 19.9 Å². The third kappa shape index (κ3) is 2.91. The number of fused-ring (bicyclic) bond motifs is 3. The first-order valence-electron chi connectivity index (χ1n) is 9.83. The second kappa shape index (κ2) is 6.72. The number of rotatable bonds is 3. The fourth-order valence-corrected chi connectivity index (χ4v) is 4.11. The van der Waals surface area contributed by atoms with Crippen LogP contribution in [0.25, 0.3) is 33.1 Å². The average Bonchev–Trinajstić information content (AvgIpc) is 3.08. The van der Waals surface area contributed by atoms with E-state index < -0.39 is 0 Å². The van der Waals surface area contributed by atoms with E-state index in [9.17, 15) is 0 Å². The maximum Gasteiger partial charge on any atom is 0.136 e. The van der Waals surface area contributed by atoms with Crippen molar-refractivity contribution in [1.82, 2.24) is 0 Å². The quantitative estimate of drug-likeness (QED) is 0.416. The van der Waals surface area contributed by atoms with Crippen molar-refractivity contribution in [3.8, 4) is 11.1 Å². The highest BCUT2D eigenvalue weighted by Gasteiger charge is 2.19. The number of furan rings is 1. The number of hydrogen-bond acceptors (Lipinski definition) is 2. The van der Waals surface area contributed by atoms with Gasteiger partial charge in [0.2, 0.25) is 0 Å². The predicted octanol–water partition coefficient (Wildman–Crippen LogP) is 7.19. The molecule has 0 radical (unpaired) electrons. The Morgan fingerprint density at radius 2 is 1.64 bits per heavy atom. The SMILES string of the molecule is CC1=CC(C)C(Nc2cc3c(cc2-c2ccccc2)oc2ccccc23)C=C1. The van der Waals surface area contributed by atoms with Gasteiger partial charge in [0, 0.05) is 22.0 Å². The second-order valence-electron chi connectivity index (χ2n) is 7.66. The molecule has 28 heavy (non-hydrogen) atoms. The molecular formula is C26H23NO. The minimum absolute atomic E-state index is 0.266. The van der Waals surface area contributed by atoms with E-state index in [0.717, 1.165) is 27.6 Å². The van der Waals surface area contributed by atoms with Gasteiger partial charge in [0.1, 0.15) is 11.2 Å². The summed E-state index contributed by atoms with van der Waals surface area (Å²) in [4.78, 5) is 0. The summed E-state index contributed by atoms with van der Waals surface area (Å²) in [6, 6.07) is 23.4. The molecule has 138 valence electrons. The number of allylic oxidation sites excluding steroid dienone is 2. The van der Waals surface area contributed by atoms with E-state index in [1.165, 1.54) is 16.7 Å². The lowest BCUT2D eigenvalue weighted by Gasteiger charge is -2.26. The van der Waals surface area contributed by atoms with E-state index >= 15 is 0 Å². The third-order valence-electron chi connectivity index (χ3n) is 5.58. The first-order chi connectivity index (χ1) is 13.7. The van der Waals surface area contributed by atoms with E-state index in [2.05, 4.69) is 92.0 Å². The maximum atomic E-state index is 6.14. The van der Waals surface area contributed by atoms with E-state index in [1.54, 1.807) is 0 Å². The molecule has 0 amide bonds. The monoisotopic (exact) mass is 365 g/mol. The van der Waals surface area contributed by atoms with E-state index in [1.807, 2.05) is 12.1 Å². The Labute approximate surface area is 165 Å². The molecule has 2 atom stereocenters. The Kier molecular flexibility index (Phi) is 4.05. The van der Waals surface area contributed by atoms with E-state index in [0.29, 0.717) is 5.92 Å². The molecule has 0 saturated heterocycles. The van der Waals surface area contributed by atoms with E-state index in [-0.39, 0.29) is 6.04 Å². The summed E-state index contributed by atoms with van der Waals surface area (Å²) in [7, 11) is 0. The number of para-hydroxylation sites is 1. The van der Waals surface area contributed by atoms with Gasteiger partial charge in [-0.3, -0.25) is 0 Å². The van der Waals surface area contributed by atoms with E-state index in [4.69, 9.17) is 4.42 Å². The standard InChI is InChI=1S/C26H23NO/c1-17-12-13-23(18(2)14-17)27-24-15-22-20-10-6-7-11-25(20)28-26(22)16-21(24)19-8-4-3-5-9-19/h3-16,18,23,27H,1-2H3. The molecule has 1 aliphatic carbocycles. The zero-order valence-corrected chi connectivity index (χ0v) is 16.1. The predicted molar refractivity (Wildman–Crippen MR) is 119 cm³/mol. The lowest BCUT2D eigenvalue weighted by atomic mass is 9.92. The summed E-state index contributed by atoms with van der Waals surface area (Å²) in [5, 5.41) is 6.10. The van der Waals surface area contributed by atoms with Gasteiger partial charge in [-0.15, -0.1) is 0 Å². The summed E-state index contributed by atoms with van der Waals surface area (Å²) < 4.78 is 6.14. The lowest BCUT2D eigenvalue weighted by Crippen LogP contribution is -2.26. The molecule has 0 fully saturated rings. The van der Waals surface area contributed by atoms with Gasteiger partial charge in [0.25, 0.3) is 0 Å². The summed E-state index contributed by atoms with van der Waals surface area (Å²) in [5.74, 6) is 0.436. The number of nitrogens with one attached hydrogen (secondary N) is 1. The molecule has 2 heteroatoms. The fourth-order valence-electron chi connectivity index (χ4n) is 4.11. The molecule has 0 bridgehead atoms. The van der Waals surface area contributed by atoms with Crippen LogP contribution in [0.5, 0.6) is 0 Å². The minimum Gasteiger partial charge on any atom is -0.456 e. The molecule has 3 aromatic carbocycles. The van der Waals surface area contributed by atoms with Crippen LogP contribution in [-0.4, -0.2) is 6.04 Å². The normalized spacial score (nSPS) is 19.1. The van der Waals surface area contributed by atoms with Crippen molar-refractivity contribution in [3.05, 3.63) is 90.5 Å². The molecule has 2 nitrogen and oxygen atoms in total. The summed E-state index contributed by atoms with van der Waals surface area (Å²) >= 11 is 0. The van der Waals surface area contributed by atoms with Gasteiger partial charge in [0.05, 0.1) is 6.04 Å². The number of benzene rings is 3. The molecule has 1 aromatic heterocycles. The molecule has 0 saturated carbocycles. The van der Waals surface area contributed by atoms with Gasteiger partial charge in [-0.2, -0.15) is 0 Å². The topological polar surface area (TPSA) is 25.2 Å².